The maximum absolute atomic E-state index is 9.87. The minimum absolute atomic E-state index is 0. The molecule has 0 aromatic rings. The van der Waals surface area contributed by atoms with Crippen molar-refractivity contribution in [3.63, 3.8) is 0 Å². The number of hydrogen-bond acceptors (Lipinski definition) is 3. The molecular weight excluding hydrogens is 147 g/mol. The van der Waals surface area contributed by atoms with Crippen molar-refractivity contribution in [1.29, 1.82) is 0 Å². The van der Waals surface area contributed by atoms with Gasteiger partial charge in [0.25, 0.3) is 0 Å². The Kier molecular flexibility index (Phi) is 7.42. The van der Waals surface area contributed by atoms with Crippen molar-refractivity contribution in [1.82, 2.24) is 0 Å². The molecule has 0 spiro atoms. The first kappa shape index (κ1) is 13.1. The molecule has 3 N–H and O–H groups in total. The van der Waals surface area contributed by atoms with Gasteiger partial charge in [-0.2, -0.15) is 0 Å². The molecule has 0 saturated carbocycles. The van der Waals surface area contributed by atoms with Crippen LogP contribution in [0.25, 0.3) is 0 Å². The number of aliphatic carboxylic acids is 2. The van der Waals surface area contributed by atoms with Crippen molar-refractivity contribution < 1.29 is 24.9 Å². The Morgan fingerprint density at radius 3 is 2.00 bits per heavy atom. The molecule has 0 rings (SSSR count). The fourth-order valence-corrected chi connectivity index (χ4v) is 0.384. The molecule has 0 aromatic heterocycles. The van der Waals surface area contributed by atoms with Gasteiger partial charge in [-0.05, 0) is 6.42 Å². The van der Waals surface area contributed by atoms with Crippen molar-refractivity contribution in [2.75, 3.05) is 0 Å². The van der Waals surface area contributed by atoms with Crippen LogP contribution >= 0.6 is 0 Å². The molecule has 11 heavy (non-hydrogen) atoms. The van der Waals surface area contributed by atoms with Crippen LogP contribution in [0.4, 0.5) is 0 Å². The largest absolute Gasteiger partial charge is 0.481 e. The smallest absolute Gasteiger partial charge is 0.332 e. The van der Waals surface area contributed by atoms with E-state index in [2.05, 4.69) is 0 Å². The molecule has 0 aliphatic rings. The maximum atomic E-state index is 9.87. The maximum Gasteiger partial charge on any atom is 0.332 e. The molecule has 59 valence electrons. The van der Waals surface area contributed by atoms with Crippen molar-refractivity contribution in [2.45, 2.75) is 18.9 Å². The van der Waals surface area contributed by atoms with Crippen LogP contribution < -0.4 is 0 Å². The number of aliphatic hydroxyl groups is 1. The van der Waals surface area contributed by atoms with Gasteiger partial charge in [-0.25, -0.2) is 4.79 Å². The van der Waals surface area contributed by atoms with Crippen molar-refractivity contribution in [3.05, 3.63) is 0 Å². The number of hydrogen-bond donors (Lipinski definition) is 3. The third-order valence-corrected chi connectivity index (χ3v) is 0.917. The van der Waals surface area contributed by atoms with E-state index in [1.807, 2.05) is 0 Å². The zero-order valence-corrected chi connectivity index (χ0v) is 6.15. The van der Waals surface area contributed by atoms with Gasteiger partial charge in [0.05, 0.1) is 0 Å². The van der Waals surface area contributed by atoms with E-state index in [1.165, 1.54) is 0 Å². The van der Waals surface area contributed by atoms with Gasteiger partial charge in [0, 0.05) is 25.3 Å². The molecule has 0 amide bonds. The standard InChI is InChI=1S/C5H8O5.Li/c6-3(5(9)10)1-2-4(7)8;/h3,6H,1-2H2,(H,7,8)(H,9,10);. The minimum Gasteiger partial charge on any atom is -0.481 e. The minimum atomic E-state index is -1.56. The summed E-state index contributed by atoms with van der Waals surface area (Å²) in [5, 5.41) is 24.6. The van der Waals surface area contributed by atoms with Gasteiger partial charge in [-0.3, -0.25) is 4.79 Å². The number of rotatable bonds is 4. The molecule has 5 nitrogen and oxygen atoms in total. The summed E-state index contributed by atoms with van der Waals surface area (Å²) in [6.45, 7) is 0. The van der Waals surface area contributed by atoms with Gasteiger partial charge in [-0.15, -0.1) is 0 Å². The molecule has 1 unspecified atom stereocenters. The predicted molar refractivity (Wildman–Crippen MR) is 36.3 cm³/mol. The molecule has 0 aliphatic carbocycles. The van der Waals surface area contributed by atoms with Crippen molar-refractivity contribution in [3.8, 4) is 0 Å². The quantitative estimate of drug-likeness (QED) is 0.448. The van der Waals surface area contributed by atoms with E-state index in [0.717, 1.165) is 0 Å². The van der Waals surface area contributed by atoms with Crippen LogP contribution in [0.5, 0.6) is 0 Å². The van der Waals surface area contributed by atoms with E-state index in [0.29, 0.717) is 0 Å². The molecule has 0 bridgehead atoms. The number of aliphatic hydroxyl groups excluding tert-OH is 1. The molecule has 0 heterocycles. The number of carboxylic acids is 2. The van der Waals surface area contributed by atoms with Gasteiger partial charge < -0.3 is 15.3 Å². The first-order valence-corrected chi connectivity index (χ1v) is 2.66. The Balaban J connectivity index is 0. The Bertz CT molecular complexity index is 146. The van der Waals surface area contributed by atoms with E-state index in [4.69, 9.17) is 15.3 Å². The summed E-state index contributed by atoms with van der Waals surface area (Å²) in [4.78, 5) is 19.7. The molecular formula is C5H8LiO5. The van der Waals surface area contributed by atoms with Crippen LogP contribution in [-0.4, -0.2) is 52.2 Å². The average molecular weight is 155 g/mol. The summed E-state index contributed by atoms with van der Waals surface area (Å²) < 4.78 is 0. The van der Waals surface area contributed by atoms with Gasteiger partial charge in [0.15, 0.2) is 6.10 Å². The third kappa shape index (κ3) is 7.39. The summed E-state index contributed by atoms with van der Waals surface area (Å²) in [6, 6.07) is 0. The topological polar surface area (TPSA) is 94.8 Å². The summed E-state index contributed by atoms with van der Waals surface area (Å²) in [5.41, 5.74) is 0. The predicted octanol–water partition coefficient (Wildman–Crippen LogP) is -1.08. The summed E-state index contributed by atoms with van der Waals surface area (Å²) in [7, 11) is 0. The second kappa shape index (κ2) is 6.22. The average Bonchev–Trinajstić information content (AvgIpc) is 1.82. The van der Waals surface area contributed by atoms with Crippen LogP contribution in [0.2, 0.25) is 0 Å². The second-order valence-corrected chi connectivity index (χ2v) is 1.79. The molecule has 0 aliphatic heterocycles. The van der Waals surface area contributed by atoms with Gasteiger partial charge in [-0.1, -0.05) is 0 Å². The van der Waals surface area contributed by atoms with Crippen LogP contribution in [-0.2, 0) is 9.59 Å². The van der Waals surface area contributed by atoms with E-state index in [-0.39, 0.29) is 31.7 Å². The SMILES string of the molecule is O=C(O)CCC(O)C(=O)O.[Li]. The zero-order chi connectivity index (χ0) is 8.15. The summed E-state index contributed by atoms with van der Waals surface area (Å²) in [6.07, 6.45) is -2.13. The summed E-state index contributed by atoms with van der Waals surface area (Å²) >= 11 is 0. The van der Waals surface area contributed by atoms with Gasteiger partial charge in [0.2, 0.25) is 0 Å². The molecule has 0 fully saturated rings. The monoisotopic (exact) mass is 155 g/mol. The van der Waals surface area contributed by atoms with E-state index in [9.17, 15) is 9.59 Å². The van der Waals surface area contributed by atoms with Crippen LogP contribution in [0.1, 0.15) is 12.8 Å². The van der Waals surface area contributed by atoms with Crippen LogP contribution in [0.3, 0.4) is 0 Å². The van der Waals surface area contributed by atoms with Crippen LogP contribution in [0.15, 0.2) is 0 Å². The van der Waals surface area contributed by atoms with Crippen LogP contribution in [0, 0.1) is 0 Å². The van der Waals surface area contributed by atoms with Gasteiger partial charge >= 0.3 is 11.9 Å². The van der Waals surface area contributed by atoms with Crippen molar-refractivity contribution >= 4 is 30.8 Å². The molecule has 0 aromatic carbocycles. The Morgan fingerprint density at radius 1 is 1.27 bits per heavy atom. The van der Waals surface area contributed by atoms with E-state index >= 15 is 0 Å². The number of carbonyl (C=O) groups is 2. The van der Waals surface area contributed by atoms with E-state index < -0.39 is 18.0 Å². The number of carboxylic acid groups (broad SMARTS) is 2. The Labute approximate surface area is 75.2 Å². The zero-order valence-electron chi connectivity index (χ0n) is 6.15. The fraction of sp³-hybridized carbons (Fsp3) is 0.600. The normalized spacial score (nSPS) is 11.4. The molecule has 1 radical (unpaired) electrons. The first-order chi connectivity index (χ1) is 4.54. The van der Waals surface area contributed by atoms with Gasteiger partial charge in [0.1, 0.15) is 0 Å². The Morgan fingerprint density at radius 2 is 1.73 bits per heavy atom. The molecule has 0 saturated heterocycles. The van der Waals surface area contributed by atoms with E-state index in [1.54, 1.807) is 0 Å². The molecule has 1 atom stereocenters. The fourth-order valence-electron chi connectivity index (χ4n) is 0.384. The Hall–Kier alpha value is -0.503. The van der Waals surface area contributed by atoms with Crippen molar-refractivity contribution in [2.24, 2.45) is 0 Å². The second-order valence-electron chi connectivity index (χ2n) is 1.79. The summed E-state index contributed by atoms with van der Waals surface area (Å²) in [5.74, 6) is -2.50. The third-order valence-electron chi connectivity index (χ3n) is 0.917. The molecule has 6 heteroatoms. The first-order valence-electron chi connectivity index (χ1n) is 2.66.